The molecule has 1 saturated heterocycles. The summed E-state index contributed by atoms with van der Waals surface area (Å²) >= 11 is 0. The van der Waals surface area contributed by atoms with Crippen LogP contribution < -0.4 is 15.5 Å². The van der Waals surface area contributed by atoms with Crippen molar-refractivity contribution in [3.05, 3.63) is 42.2 Å². The van der Waals surface area contributed by atoms with Gasteiger partial charge in [-0.2, -0.15) is 13.2 Å². The second-order valence-corrected chi connectivity index (χ2v) is 6.21. The van der Waals surface area contributed by atoms with E-state index in [1.54, 1.807) is 6.07 Å². The van der Waals surface area contributed by atoms with Gasteiger partial charge in [-0.05, 0) is 31.3 Å². The minimum Gasteiger partial charge on any atom is -0.354 e. The van der Waals surface area contributed by atoms with E-state index in [-0.39, 0.29) is 5.69 Å². The number of likely N-dealkylation sites (N-methyl/N-ethyl adjacent to an activating group) is 1. The lowest BCUT2D eigenvalue weighted by Crippen LogP contribution is -2.44. The number of rotatable bonds is 3. The van der Waals surface area contributed by atoms with Crippen LogP contribution in [0, 0.1) is 0 Å². The number of nitrogens with zero attached hydrogens (tertiary/aromatic N) is 4. The summed E-state index contributed by atoms with van der Waals surface area (Å²) in [5, 5.41) is 5.04. The second kappa shape index (κ2) is 7.78. The average molecular weight is 380 g/mol. The molecule has 3 rings (SSSR count). The molecule has 1 aliphatic heterocycles. The van der Waals surface area contributed by atoms with Gasteiger partial charge in [0.05, 0.1) is 5.56 Å². The molecule has 144 valence electrons. The number of nitrogens with one attached hydrogen (secondary N) is 2. The largest absolute Gasteiger partial charge is 0.416 e. The maximum atomic E-state index is 12.6. The number of hydrogen-bond donors (Lipinski definition) is 2. The number of anilines is 3. The molecule has 2 amide bonds. The first-order valence-electron chi connectivity index (χ1n) is 8.32. The van der Waals surface area contributed by atoms with Crippen LogP contribution in [-0.2, 0) is 6.18 Å². The SMILES string of the molecule is CN1CCN(c2cc(NC(=O)Nc3ccc(C(F)(F)F)cc3)ncn2)CC1. The fourth-order valence-electron chi connectivity index (χ4n) is 2.65. The molecule has 10 heteroatoms. The summed E-state index contributed by atoms with van der Waals surface area (Å²) in [4.78, 5) is 24.6. The average Bonchev–Trinajstić information content (AvgIpc) is 2.62. The molecule has 2 N–H and O–H groups in total. The van der Waals surface area contributed by atoms with Crippen molar-refractivity contribution in [1.29, 1.82) is 0 Å². The summed E-state index contributed by atoms with van der Waals surface area (Å²) in [5.74, 6) is 1.02. The van der Waals surface area contributed by atoms with Crippen LogP contribution in [0.3, 0.4) is 0 Å². The summed E-state index contributed by atoms with van der Waals surface area (Å²) < 4.78 is 37.7. The Morgan fingerprint density at radius 2 is 1.70 bits per heavy atom. The molecule has 0 unspecified atom stereocenters. The van der Waals surface area contributed by atoms with Crippen LogP contribution in [0.15, 0.2) is 36.7 Å². The number of benzene rings is 1. The molecule has 0 bridgehead atoms. The van der Waals surface area contributed by atoms with E-state index in [2.05, 4.69) is 37.4 Å². The van der Waals surface area contributed by atoms with E-state index in [1.165, 1.54) is 18.5 Å². The fourth-order valence-corrected chi connectivity index (χ4v) is 2.65. The summed E-state index contributed by atoms with van der Waals surface area (Å²) in [6.45, 7) is 3.48. The zero-order valence-corrected chi connectivity index (χ0v) is 14.6. The van der Waals surface area contributed by atoms with Crippen molar-refractivity contribution < 1.29 is 18.0 Å². The Bertz CT molecular complexity index is 788. The molecule has 2 heterocycles. The van der Waals surface area contributed by atoms with E-state index >= 15 is 0 Å². The van der Waals surface area contributed by atoms with Crippen molar-refractivity contribution in [3.8, 4) is 0 Å². The predicted octanol–water partition coefficient (Wildman–Crippen LogP) is 2.89. The highest BCUT2D eigenvalue weighted by atomic mass is 19.4. The van der Waals surface area contributed by atoms with Crippen LogP contribution >= 0.6 is 0 Å². The van der Waals surface area contributed by atoms with Gasteiger partial charge in [0.1, 0.15) is 18.0 Å². The molecule has 0 aliphatic carbocycles. The van der Waals surface area contributed by atoms with Crippen molar-refractivity contribution in [2.45, 2.75) is 6.18 Å². The molecule has 0 spiro atoms. The van der Waals surface area contributed by atoms with Gasteiger partial charge in [-0.15, -0.1) is 0 Å². The minimum atomic E-state index is -4.42. The highest BCUT2D eigenvalue weighted by Gasteiger charge is 2.30. The van der Waals surface area contributed by atoms with Gasteiger partial charge in [0, 0.05) is 37.9 Å². The normalized spacial score (nSPS) is 15.5. The van der Waals surface area contributed by atoms with E-state index < -0.39 is 17.8 Å². The quantitative estimate of drug-likeness (QED) is 0.857. The maximum Gasteiger partial charge on any atom is 0.416 e. The van der Waals surface area contributed by atoms with Gasteiger partial charge < -0.3 is 15.1 Å². The third kappa shape index (κ3) is 5.07. The van der Waals surface area contributed by atoms with Crippen molar-refractivity contribution in [2.75, 3.05) is 48.8 Å². The molecular weight excluding hydrogens is 361 g/mol. The monoisotopic (exact) mass is 380 g/mol. The zero-order valence-electron chi connectivity index (χ0n) is 14.6. The van der Waals surface area contributed by atoms with E-state index in [4.69, 9.17) is 0 Å². The smallest absolute Gasteiger partial charge is 0.354 e. The van der Waals surface area contributed by atoms with E-state index in [1.807, 2.05) is 0 Å². The third-order valence-corrected chi connectivity index (χ3v) is 4.19. The van der Waals surface area contributed by atoms with E-state index in [0.717, 1.165) is 38.3 Å². The zero-order chi connectivity index (χ0) is 19.4. The van der Waals surface area contributed by atoms with Crippen molar-refractivity contribution in [1.82, 2.24) is 14.9 Å². The lowest BCUT2D eigenvalue weighted by atomic mass is 10.2. The Kier molecular flexibility index (Phi) is 5.45. The van der Waals surface area contributed by atoms with Gasteiger partial charge >= 0.3 is 12.2 Å². The lowest BCUT2D eigenvalue weighted by Gasteiger charge is -2.33. The first kappa shape index (κ1) is 18.9. The Labute approximate surface area is 154 Å². The molecule has 0 radical (unpaired) electrons. The Hall–Kier alpha value is -2.88. The standard InChI is InChI=1S/C17H19F3N6O/c1-25-6-8-26(9-7-25)15-10-14(21-11-22-15)24-16(27)23-13-4-2-12(3-5-13)17(18,19)20/h2-5,10-11H,6-9H2,1H3,(H2,21,22,23,24,27). The molecule has 1 aromatic heterocycles. The third-order valence-electron chi connectivity index (χ3n) is 4.19. The van der Waals surface area contributed by atoms with Crippen molar-refractivity contribution in [3.63, 3.8) is 0 Å². The number of alkyl halides is 3. The topological polar surface area (TPSA) is 73.4 Å². The van der Waals surface area contributed by atoms with Crippen LogP contribution in [0.2, 0.25) is 0 Å². The first-order valence-corrected chi connectivity index (χ1v) is 8.32. The summed E-state index contributed by atoms with van der Waals surface area (Å²) in [6, 6.07) is 5.27. The minimum absolute atomic E-state index is 0.244. The molecule has 7 nitrogen and oxygen atoms in total. The number of piperazine rings is 1. The van der Waals surface area contributed by atoms with Gasteiger partial charge in [-0.1, -0.05) is 0 Å². The highest BCUT2D eigenvalue weighted by molar-refractivity contribution is 5.99. The number of carbonyl (C=O) groups is 1. The lowest BCUT2D eigenvalue weighted by molar-refractivity contribution is -0.137. The van der Waals surface area contributed by atoms with Gasteiger partial charge in [-0.3, -0.25) is 5.32 Å². The Balaban J connectivity index is 1.60. The first-order chi connectivity index (χ1) is 12.8. The van der Waals surface area contributed by atoms with Gasteiger partial charge in [0.2, 0.25) is 0 Å². The van der Waals surface area contributed by atoms with Crippen LogP contribution in [0.4, 0.5) is 35.3 Å². The van der Waals surface area contributed by atoms with E-state index in [9.17, 15) is 18.0 Å². The molecule has 1 aromatic carbocycles. The number of amides is 2. The van der Waals surface area contributed by atoms with Gasteiger partial charge in [0.25, 0.3) is 0 Å². The summed E-state index contributed by atoms with van der Waals surface area (Å²) in [7, 11) is 2.05. The maximum absolute atomic E-state index is 12.6. The van der Waals surface area contributed by atoms with Crippen LogP contribution in [0.1, 0.15) is 5.56 Å². The number of carbonyl (C=O) groups excluding carboxylic acids is 1. The number of hydrogen-bond acceptors (Lipinski definition) is 5. The molecule has 1 fully saturated rings. The predicted molar refractivity (Wildman–Crippen MR) is 95.8 cm³/mol. The van der Waals surface area contributed by atoms with Gasteiger partial charge in [0.15, 0.2) is 0 Å². The number of urea groups is 1. The number of aromatic nitrogens is 2. The summed E-state index contributed by atoms with van der Waals surface area (Å²) in [6.07, 6.45) is -3.05. The van der Waals surface area contributed by atoms with Crippen LogP contribution in [0.25, 0.3) is 0 Å². The Morgan fingerprint density at radius 1 is 1.04 bits per heavy atom. The molecule has 1 aliphatic rings. The highest BCUT2D eigenvalue weighted by Crippen LogP contribution is 2.29. The molecule has 0 saturated carbocycles. The van der Waals surface area contributed by atoms with Crippen molar-refractivity contribution >= 4 is 23.4 Å². The molecule has 2 aromatic rings. The molecule has 0 atom stereocenters. The molecule has 27 heavy (non-hydrogen) atoms. The number of halogens is 3. The summed E-state index contributed by atoms with van der Waals surface area (Å²) in [5.41, 5.74) is -0.532. The van der Waals surface area contributed by atoms with Crippen molar-refractivity contribution in [2.24, 2.45) is 0 Å². The van der Waals surface area contributed by atoms with Crippen LogP contribution in [-0.4, -0.2) is 54.1 Å². The molecular formula is C17H19F3N6O. The van der Waals surface area contributed by atoms with E-state index in [0.29, 0.717) is 11.6 Å². The second-order valence-electron chi connectivity index (χ2n) is 6.21. The van der Waals surface area contributed by atoms with Gasteiger partial charge in [-0.25, -0.2) is 14.8 Å². The Morgan fingerprint density at radius 3 is 2.33 bits per heavy atom. The fraction of sp³-hybridized carbons (Fsp3) is 0.353. The van der Waals surface area contributed by atoms with Crippen LogP contribution in [0.5, 0.6) is 0 Å².